The molecule has 0 fully saturated rings. The Kier molecular flexibility index (Phi) is 7.56. The van der Waals surface area contributed by atoms with Gasteiger partial charge in [-0.2, -0.15) is 0 Å². The lowest BCUT2D eigenvalue weighted by molar-refractivity contribution is -0.119. The summed E-state index contributed by atoms with van der Waals surface area (Å²) in [6.45, 7) is 0. The number of anilines is 1. The first-order chi connectivity index (χ1) is 15.2. The highest BCUT2D eigenvalue weighted by Crippen LogP contribution is 2.29. The minimum Gasteiger partial charge on any atom is -0.363 e. The van der Waals surface area contributed by atoms with Crippen LogP contribution in [-0.2, 0) is 4.79 Å². The second-order valence-electron chi connectivity index (χ2n) is 7.23. The largest absolute Gasteiger partial charge is 0.363 e. The minimum atomic E-state index is -0.859. The lowest BCUT2D eigenvalue weighted by atomic mass is 9.93. The fraction of sp³-hybridized carbons (Fsp3) is 0.182. The maximum absolute atomic E-state index is 12.9. The minimum absolute atomic E-state index is 0.223. The summed E-state index contributed by atoms with van der Waals surface area (Å²) in [5.41, 5.74) is 1.04. The molecule has 2 amide bonds. The number of amidine groups is 1. The van der Waals surface area contributed by atoms with Crippen molar-refractivity contribution in [3.63, 3.8) is 0 Å². The van der Waals surface area contributed by atoms with Crippen LogP contribution >= 0.6 is 34.8 Å². The van der Waals surface area contributed by atoms with E-state index in [1.165, 1.54) is 18.3 Å². The number of carbonyl (C=O) groups is 2. The molecule has 0 bridgehead atoms. The van der Waals surface area contributed by atoms with Crippen LogP contribution in [0.1, 0.15) is 15.9 Å². The van der Waals surface area contributed by atoms with Crippen molar-refractivity contribution >= 4 is 58.3 Å². The Labute approximate surface area is 200 Å². The zero-order valence-corrected chi connectivity index (χ0v) is 19.5. The molecule has 7 nitrogen and oxygen atoms in total. The summed E-state index contributed by atoms with van der Waals surface area (Å²) in [5.74, 6) is -1.09. The molecule has 1 aromatic heterocycles. The van der Waals surface area contributed by atoms with Gasteiger partial charge in [0.25, 0.3) is 5.91 Å². The molecule has 0 saturated carbocycles. The fourth-order valence-electron chi connectivity index (χ4n) is 3.02. The van der Waals surface area contributed by atoms with Gasteiger partial charge in [-0.25, -0.2) is 4.98 Å². The summed E-state index contributed by atoms with van der Waals surface area (Å²) in [6, 6.07) is 8.92. The molecule has 32 heavy (non-hydrogen) atoms. The summed E-state index contributed by atoms with van der Waals surface area (Å²) in [5, 5.41) is 14.4. The third kappa shape index (κ3) is 5.68. The standard InChI is InChI=1S/C22H20Cl3N5O2/c1-30(2)20(26)12-3-5-13(6-4-12)21(31)29-19-16(9-15(24)10-17(19)25)22(32)28-18-8-7-14(23)11-27-18/h3-11,16,19,26H,1-2H3,(H,29,31)(H,27,28,32). The number of nitrogens with one attached hydrogen (secondary N) is 3. The van der Waals surface area contributed by atoms with E-state index in [0.29, 0.717) is 27.8 Å². The van der Waals surface area contributed by atoms with Gasteiger partial charge in [-0.1, -0.05) is 53.0 Å². The second kappa shape index (κ2) is 10.2. The Morgan fingerprint density at radius 1 is 1.03 bits per heavy atom. The number of hydrogen-bond donors (Lipinski definition) is 3. The molecule has 0 spiro atoms. The number of hydrogen-bond acceptors (Lipinski definition) is 4. The highest BCUT2D eigenvalue weighted by molar-refractivity contribution is 6.36. The quantitative estimate of drug-likeness (QED) is 0.430. The molecule has 0 aliphatic heterocycles. The number of nitrogens with zero attached hydrogens (tertiary/aromatic N) is 2. The predicted molar refractivity (Wildman–Crippen MR) is 127 cm³/mol. The van der Waals surface area contributed by atoms with Gasteiger partial charge in [0.15, 0.2) is 0 Å². The Hall–Kier alpha value is -2.87. The second-order valence-corrected chi connectivity index (χ2v) is 8.54. The molecule has 3 N–H and O–H groups in total. The highest BCUT2D eigenvalue weighted by Gasteiger charge is 2.33. The van der Waals surface area contributed by atoms with Crippen molar-refractivity contribution in [1.29, 1.82) is 5.41 Å². The van der Waals surface area contributed by atoms with Gasteiger partial charge in [-0.15, -0.1) is 0 Å². The number of aromatic nitrogens is 1. The maximum Gasteiger partial charge on any atom is 0.251 e. The van der Waals surface area contributed by atoms with Gasteiger partial charge in [-0.3, -0.25) is 15.0 Å². The number of allylic oxidation sites excluding steroid dienone is 2. The maximum atomic E-state index is 12.9. The average molecular weight is 493 g/mol. The normalized spacial score (nSPS) is 17.7. The van der Waals surface area contributed by atoms with Crippen LogP contribution in [0.2, 0.25) is 5.02 Å². The SMILES string of the molecule is CN(C)C(=N)c1ccc(C(=O)NC2C(Cl)=CC(Cl)=CC2C(=O)Nc2ccc(Cl)cn2)cc1. The summed E-state index contributed by atoms with van der Waals surface area (Å²) in [6.07, 6.45) is 4.41. The molecule has 166 valence electrons. The van der Waals surface area contributed by atoms with Gasteiger partial charge < -0.3 is 15.5 Å². The summed E-state index contributed by atoms with van der Waals surface area (Å²) in [4.78, 5) is 31.5. The first kappa shape index (κ1) is 23.8. The first-order valence-electron chi connectivity index (χ1n) is 9.49. The lowest BCUT2D eigenvalue weighted by Gasteiger charge is -2.27. The summed E-state index contributed by atoms with van der Waals surface area (Å²) in [7, 11) is 3.54. The molecule has 2 unspecified atom stereocenters. The van der Waals surface area contributed by atoms with Crippen molar-refractivity contribution in [2.45, 2.75) is 6.04 Å². The topological polar surface area (TPSA) is 98.2 Å². The molecule has 1 aromatic carbocycles. The lowest BCUT2D eigenvalue weighted by Crippen LogP contribution is -2.45. The number of benzene rings is 1. The van der Waals surface area contributed by atoms with Crippen LogP contribution in [0.4, 0.5) is 5.82 Å². The summed E-state index contributed by atoms with van der Waals surface area (Å²) >= 11 is 18.3. The van der Waals surface area contributed by atoms with E-state index in [-0.39, 0.29) is 10.1 Å². The van der Waals surface area contributed by atoms with Crippen LogP contribution in [0.3, 0.4) is 0 Å². The molecule has 10 heteroatoms. The molecule has 3 rings (SSSR count). The third-order valence-corrected chi connectivity index (χ3v) is 5.51. The van der Waals surface area contributed by atoms with Gasteiger partial charge >= 0.3 is 0 Å². The van der Waals surface area contributed by atoms with E-state index < -0.39 is 23.8 Å². The van der Waals surface area contributed by atoms with Crippen molar-refractivity contribution in [3.8, 4) is 0 Å². The zero-order chi connectivity index (χ0) is 23.4. The van der Waals surface area contributed by atoms with Crippen LogP contribution in [0, 0.1) is 11.3 Å². The van der Waals surface area contributed by atoms with Crippen LogP contribution in [-0.4, -0.2) is 47.7 Å². The van der Waals surface area contributed by atoms with Crippen molar-refractivity contribution in [3.05, 3.63) is 81.0 Å². The van der Waals surface area contributed by atoms with Crippen molar-refractivity contribution in [2.75, 3.05) is 19.4 Å². The molecular formula is C22H20Cl3N5O2. The predicted octanol–water partition coefficient (Wildman–Crippen LogP) is 4.23. The van der Waals surface area contributed by atoms with Crippen molar-refractivity contribution in [1.82, 2.24) is 15.2 Å². The van der Waals surface area contributed by atoms with E-state index >= 15 is 0 Å². The molecule has 2 aromatic rings. The molecule has 0 saturated heterocycles. The van der Waals surface area contributed by atoms with Crippen LogP contribution in [0.25, 0.3) is 0 Å². The van der Waals surface area contributed by atoms with Gasteiger partial charge in [0.1, 0.15) is 11.7 Å². The van der Waals surface area contributed by atoms with Crippen LogP contribution < -0.4 is 10.6 Å². The molecule has 1 aliphatic carbocycles. The number of halogens is 3. The Balaban J connectivity index is 1.77. The van der Waals surface area contributed by atoms with E-state index in [2.05, 4.69) is 15.6 Å². The van der Waals surface area contributed by atoms with Gasteiger partial charge in [0, 0.05) is 41.5 Å². The van der Waals surface area contributed by atoms with Gasteiger partial charge in [0.05, 0.1) is 17.0 Å². The number of pyridine rings is 1. The van der Waals surface area contributed by atoms with E-state index in [9.17, 15) is 9.59 Å². The number of carbonyl (C=O) groups excluding carboxylic acids is 2. The van der Waals surface area contributed by atoms with E-state index in [1.54, 1.807) is 55.4 Å². The Morgan fingerprint density at radius 3 is 2.28 bits per heavy atom. The Bertz CT molecular complexity index is 1100. The average Bonchev–Trinajstić information content (AvgIpc) is 2.76. The fourth-order valence-corrected chi connectivity index (χ4v) is 3.75. The number of rotatable bonds is 5. The smallest absolute Gasteiger partial charge is 0.251 e. The monoisotopic (exact) mass is 491 g/mol. The Morgan fingerprint density at radius 2 is 1.69 bits per heavy atom. The molecule has 0 radical (unpaired) electrons. The molecular weight excluding hydrogens is 473 g/mol. The van der Waals surface area contributed by atoms with Crippen molar-refractivity contribution < 1.29 is 9.59 Å². The van der Waals surface area contributed by atoms with Gasteiger partial charge in [0.2, 0.25) is 5.91 Å². The summed E-state index contributed by atoms with van der Waals surface area (Å²) < 4.78 is 0. The third-order valence-electron chi connectivity index (χ3n) is 4.71. The van der Waals surface area contributed by atoms with Crippen molar-refractivity contribution in [2.24, 2.45) is 5.92 Å². The van der Waals surface area contributed by atoms with Crippen LogP contribution in [0.15, 0.2) is 64.8 Å². The molecule has 1 aliphatic rings. The van der Waals surface area contributed by atoms with E-state index in [0.717, 1.165) is 0 Å². The number of amides is 2. The zero-order valence-electron chi connectivity index (χ0n) is 17.2. The van der Waals surface area contributed by atoms with E-state index in [4.69, 9.17) is 40.2 Å². The highest BCUT2D eigenvalue weighted by atomic mass is 35.5. The van der Waals surface area contributed by atoms with Crippen LogP contribution in [0.5, 0.6) is 0 Å². The molecule has 1 heterocycles. The molecule has 2 atom stereocenters. The first-order valence-corrected chi connectivity index (χ1v) is 10.6. The van der Waals surface area contributed by atoms with E-state index in [1.807, 2.05) is 0 Å². The van der Waals surface area contributed by atoms with Gasteiger partial charge in [-0.05, 0) is 30.3 Å².